The summed E-state index contributed by atoms with van der Waals surface area (Å²) < 4.78 is 0. The predicted octanol–water partition coefficient (Wildman–Crippen LogP) is 1.79. The zero-order valence-corrected chi connectivity index (χ0v) is 9.66. The number of aryl methyl sites for hydroxylation is 1. The number of piperazine rings is 1. The van der Waals surface area contributed by atoms with E-state index in [0.717, 1.165) is 26.2 Å². The van der Waals surface area contributed by atoms with Gasteiger partial charge < -0.3 is 5.32 Å². The summed E-state index contributed by atoms with van der Waals surface area (Å²) in [7, 11) is 0. The second-order valence-electron chi connectivity index (χ2n) is 4.51. The smallest absolute Gasteiger partial charge is 0.0237 e. The third-order valence-corrected chi connectivity index (χ3v) is 3.11. The van der Waals surface area contributed by atoms with Crippen LogP contribution in [0.15, 0.2) is 24.3 Å². The second kappa shape index (κ2) is 4.77. The van der Waals surface area contributed by atoms with Crippen molar-refractivity contribution in [2.45, 2.75) is 26.4 Å². The average molecular weight is 204 g/mol. The Labute approximate surface area is 92.3 Å². The summed E-state index contributed by atoms with van der Waals surface area (Å²) >= 11 is 0. The molecule has 0 bridgehead atoms. The lowest BCUT2D eigenvalue weighted by atomic mass is 10.1. The first-order chi connectivity index (χ1) is 7.25. The highest BCUT2D eigenvalue weighted by Gasteiger charge is 2.17. The molecule has 82 valence electrons. The van der Waals surface area contributed by atoms with Crippen LogP contribution < -0.4 is 5.32 Å². The summed E-state index contributed by atoms with van der Waals surface area (Å²) in [5.41, 5.74) is 2.79. The molecule has 1 heterocycles. The summed E-state index contributed by atoms with van der Waals surface area (Å²) in [5.74, 6) is 0. The van der Waals surface area contributed by atoms with Gasteiger partial charge in [0.2, 0.25) is 0 Å². The molecule has 15 heavy (non-hydrogen) atoms. The maximum absolute atomic E-state index is 3.42. The zero-order chi connectivity index (χ0) is 10.7. The van der Waals surface area contributed by atoms with Gasteiger partial charge in [-0.1, -0.05) is 29.8 Å². The van der Waals surface area contributed by atoms with Crippen molar-refractivity contribution >= 4 is 0 Å². The van der Waals surface area contributed by atoms with E-state index in [1.54, 1.807) is 0 Å². The number of hydrogen-bond acceptors (Lipinski definition) is 2. The molecule has 1 aromatic carbocycles. The van der Waals surface area contributed by atoms with Crippen LogP contribution in [-0.4, -0.2) is 30.6 Å². The van der Waals surface area contributed by atoms with E-state index < -0.39 is 0 Å². The van der Waals surface area contributed by atoms with E-state index >= 15 is 0 Å². The number of rotatable bonds is 2. The summed E-state index contributed by atoms with van der Waals surface area (Å²) in [4.78, 5) is 2.55. The lowest BCUT2D eigenvalue weighted by Crippen LogP contribution is -2.49. The normalized spacial score (nSPS) is 22.9. The fourth-order valence-electron chi connectivity index (χ4n) is 2.16. The van der Waals surface area contributed by atoms with Gasteiger partial charge in [-0.05, 0) is 19.4 Å². The van der Waals surface area contributed by atoms with E-state index in [9.17, 15) is 0 Å². The quantitative estimate of drug-likeness (QED) is 0.790. The van der Waals surface area contributed by atoms with Gasteiger partial charge >= 0.3 is 0 Å². The molecule has 1 atom stereocenters. The van der Waals surface area contributed by atoms with Crippen molar-refractivity contribution in [2.75, 3.05) is 19.6 Å². The molecule has 1 fully saturated rings. The van der Waals surface area contributed by atoms with Gasteiger partial charge in [-0.3, -0.25) is 4.90 Å². The predicted molar refractivity (Wildman–Crippen MR) is 63.9 cm³/mol. The minimum atomic E-state index is 0.652. The highest BCUT2D eigenvalue weighted by molar-refractivity contribution is 5.22. The summed E-state index contributed by atoms with van der Waals surface area (Å²) in [5, 5.41) is 3.42. The highest BCUT2D eigenvalue weighted by Crippen LogP contribution is 2.11. The van der Waals surface area contributed by atoms with Crippen LogP contribution in [-0.2, 0) is 6.54 Å². The van der Waals surface area contributed by atoms with Crippen molar-refractivity contribution < 1.29 is 0 Å². The first kappa shape index (κ1) is 10.7. The average Bonchev–Trinajstić information content (AvgIpc) is 2.22. The number of nitrogens with zero attached hydrogens (tertiary/aromatic N) is 1. The van der Waals surface area contributed by atoms with E-state index in [4.69, 9.17) is 0 Å². The third-order valence-electron chi connectivity index (χ3n) is 3.11. The molecule has 1 saturated heterocycles. The molecule has 2 rings (SSSR count). The van der Waals surface area contributed by atoms with Crippen LogP contribution in [0.5, 0.6) is 0 Å². The fraction of sp³-hybridized carbons (Fsp3) is 0.538. The van der Waals surface area contributed by atoms with Gasteiger partial charge in [0.25, 0.3) is 0 Å². The number of nitrogens with one attached hydrogen (secondary N) is 1. The number of hydrogen-bond donors (Lipinski definition) is 1. The highest BCUT2D eigenvalue weighted by atomic mass is 15.2. The van der Waals surface area contributed by atoms with Crippen molar-refractivity contribution in [2.24, 2.45) is 0 Å². The van der Waals surface area contributed by atoms with Gasteiger partial charge in [-0.2, -0.15) is 0 Å². The Kier molecular flexibility index (Phi) is 3.39. The summed E-state index contributed by atoms with van der Waals surface area (Å²) in [6.45, 7) is 8.94. The molecule has 0 saturated carbocycles. The topological polar surface area (TPSA) is 15.3 Å². The molecule has 2 nitrogen and oxygen atoms in total. The Morgan fingerprint density at radius 2 is 2.33 bits per heavy atom. The molecule has 0 spiro atoms. The van der Waals surface area contributed by atoms with Gasteiger partial charge in [0.1, 0.15) is 0 Å². The molecule has 1 aliphatic rings. The molecule has 1 N–H and O–H groups in total. The lowest BCUT2D eigenvalue weighted by Gasteiger charge is -2.33. The largest absolute Gasteiger partial charge is 0.314 e. The molecular weight excluding hydrogens is 184 g/mol. The van der Waals surface area contributed by atoms with E-state index in [1.807, 2.05) is 0 Å². The van der Waals surface area contributed by atoms with Crippen LogP contribution in [0, 0.1) is 6.92 Å². The standard InChI is InChI=1S/C13H20N2/c1-11-4-3-5-13(8-11)10-15-7-6-14-9-12(15)2/h3-5,8,12,14H,6-7,9-10H2,1-2H3/t12-/m1/s1. The van der Waals surface area contributed by atoms with Crippen molar-refractivity contribution in [3.8, 4) is 0 Å². The Morgan fingerprint density at radius 3 is 3.07 bits per heavy atom. The van der Waals surface area contributed by atoms with E-state index in [-0.39, 0.29) is 0 Å². The molecule has 0 radical (unpaired) electrons. The van der Waals surface area contributed by atoms with Crippen LogP contribution in [0.2, 0.25) is 0 Å². The van der Waals surface area contributed by atoms with E-state index in [1.165, 1.54) is 11.1 Å². The van der Waals surface area contributed by atoms with Crippen molar-refractivity contribution in [1.82, 2.24) is 10.2 Å². The second-order valence-corrected chi connectivity index (χ2v) is 4.51. The molecule has 0 aromatic heterocycles. The molecule has 0 unspecified atom stereocenters. The zero-order valence-electron chi connectivity index (χ0n) is 9.66. The first-order valence-corrected chi connectivity index (χ1v) is 5.76. The van der Waals surface area contributed by atoms with Gasteiger partial charge in [-0.15, -0.1) is 0 Å². The minimum Gasteiger partial charge on any atom is -0.314 e. The Bertz CT molecular complexity index is 322. The van der Waals surface area contributed by atoms with Gasteiger partial charge in [-0.25, -0.2) is 0 Å². The van der Waals surface area contributed by atoms with Crippen LogP contribution in [0.1, 0.15) is 18.1 Å². The van der Waals surface area contributed by atoms with Crippen molar-refractivity contribution in [3.05, 3.63) is 35.4 Å². The molecular formula is C13H20N2. The molecule has 2 heteroatoms. The Hall–Kier alpha value is -0.860. The molecule has 0 amide bonds. The molecule has 1 aromatic rings. The molecule has 0 aliphatic carbocycles. The van der Waals surface area contributed by atoms with Gasteiger partial charge in [0.05, 0.1) is 0 Å². The monoisotopic (exact) mass is 204 g/mol. The number of benzene rings is 1. The Morgan fingerprint density at radius 1 is 1.47 bits per heavy atom. The van der Waals surface area contributed by atoms with Crippen LogP contribution in [0.4, 0.5) is 0 Å². The Balaban J connectivity index is 2.01. The lowest BCUT2D eigenvalue weighted by molar-refractivity contribution is 0.165. The SMILES string of the molecule is Cc1cccc(CN2CCNC[C@H]2C)c1. The summed E-state index contributed by atoms with van der Waals surface area (Å²) in [6, 6.07) is 9.47. The first-order valence-electron chi connectivity index (χ1n) is 5.76. The summed E-state index contributed by atoms with van der Waals surface area (Å²) in [6.07, 6.45) is 0. The maximum Gasteiger partial charge on any atom is 0.0237 e. The van der Waals surface area contributed by atoms with Crippen molar-refractivity contribution in [1.29, 1.82) is 0 Å². The molecule has 1 aliphatic heterocycles. The van der Waals surface area contributed by atoms with Crippen molar-refractivity contribution in [3.63, 3.8) is 0 Å². The fourth-order valence-corrected chi connectivity index (χ4v) is 2.16. The van der Waals surface area contributed by atoms with E-state index in [0.29, 0.717) is 6.04 Å². The third kappa shape index (κ3) is 2.80. The van der Waals surface area contributed by atoms with Gasteiger partial charge in [0, 0.05) is 32.2 Å². The van der Waals surface area contributed by atoms with Crippen LogP contribution in [0.25, 0.3) is 0 Å². The van der Waals surface area contributed by atoms with E-state index in [2.05, 4.69) is 48.3 Å². The minimum absolute atomic E-state index is 0.652. The van der Waals surface area contributed by atoms with Gasteiger partial charge in [0.15, 0.2) is 0 Å². The maximum atomic E-state index is 3.42. The van der Waals surface area contributed by atoms with Crippen LogP contribution >= 0.6 is 0 Å². The van der Waals surface area contributed by atoms with Crippen LogP contribution in [0.3, 0.4) is 0 Å².